The van der Waals surface area contributed by atoms with E-state index in [0.717, 1.165) is 12.3 Å². The standard InChI is InChI=1S/C15H24/c1-5-8-13(7-3)11-15(12(4)6-2)14-9-10-14/h5,8,11,14H,6-7,9-10H2,1-4H3/b8-5+,13-11-,15-12+. The van der Waals surface area contributed by atoms with Gasteiger partial charge in [-0.15, -0.1) is 0 Å². The highest BCUT2D eigenvalue weighted by molar-refractivity contribution is 5.36. The maximum atomic E-state index is 2.43. The van der Waals surface area contributed by atoms with E-state index in [2.05, 4.69) is 45.9 Å². The molecule has 1 fully saturated rings. The van der Waals surface area contributed by atoms with E-state index in [1.54, 1.807) is 11.1 Å². The third-order valence-corrected chi connectivity index (χ3v) is 3.17. The van der Waals surface area contributed by atoms with Crippen LogP contribution in [-0.4, -0.2) is 0 Å². The maximum Gasteiger partial charge on any atom is -0.0162 e. The highest BCUT2D eigenvalue weighted by Crippen LogP contribution is 2.40. The van der Waals surface area contributed by atoms with Crippen LogP contribution in [0.5, 0.6) is 0 Å². The Bertz CT molecular complexity index is 285. The van der Waals surface area contributed by atoms with Crippen molar-refractivity contribution < 1.29 is 0 Å². The molecule has 1 aliphatic carbocycles. The predicted molar refractivity (Wildman–Crippen MR) is 68.9 cm³/mol. The number of hydrogen-bond acceptors (Lipinski definition) is 0. The second-order valence-corrected chi connectivity index (χ2v) is 4.44. The summed E-state index contributed by atoms with van der Waals surface area (Å²) in [6.45, 7) is 8.87. The van der Waals surface area contributed by atoms with Crippen LogP contribution in [0.1, 0.15) is 53.4 Å². The van der Waals surface area contributed by atoms with E-state index < -0.39 is 0 Å². The normalized spacial score (nSPS) is 19.6. The van der Waals surface area contributed by atoms with Crippen molar-refractivity contribution >= 4 is 0 Å². The average molecular weight is 204 g/mol. The van der Waals surface area contributed by atoms with Gasteiger partial charge in [-0.25, -0.2) is 0 Å². The molecular weight excluding hydrogens is 180 g/mol. The van der Waals surface area contributed by atoms with Crippen LogP contribution < -0.4 is 0 Å². The van der Waals surface area contributed by atoms with Crippen LogP contribution in [0.15, 0.2) is 34.9 Å². The lowest BCUT2D eigenvalue weighted by atomic mass is 9.99. The molecule has 0 unspecified atom stereocenters. The molecule has 0 heteroatoms. The number of hydrogen-bond donors (Lipinski definition) is 0. The van der Waals surface area contributed by atoms with Gasteiger partial charge in [0.05, 0.1) is 0 Å². The Morgan fingerprint density at radius 2 is 1.87 bits per heavy atom. The minimum Gasteiger partial charge on any atom is -0.0874 e. The number of allylic oxidation sites excluding steroid dienone is 6. The zero-order chi connectivity index (χ0) is 11.3. The molecule has 0 spiro atoms. The Balaban J connectivity index is 2.90. The smallest absolute Gasteiger partial charge is 0.0162 e. The molecule has 0 radical (unpaired) electrons. The molecule has 0 N–H and O–H groups in total. The van der Waals surface area contributed by atoms with Crippen LogP contribution in [0.4, 0.5) is 0 Å². The molecule has 15 heavy (non-hydrogen) atoms. The molecule has 1 rings (SSSR count). The highest BCUT2D eigenvalue weighted by Gasteiger charge is 2.25. The van der Waals surface area contributed by atoms with Crippen LogP contribution in [0.2, 0.25) is 0 Å². The van der Waals surface area contributed by atoms with Gasteiger partial charge in [0, 0.05) is 0 Å². The Morgan fingerprint density at radius 1 is 1.20 bits per heavy atom. The van der Waals surface area contributed by atoms with Crippen LogP contribution in [0, 0.1) is 5.92 Å². The molecule has 0 saturated heterocycles. The van der Waals surface area contributed by atoms with E-state index in [1.165, 1.54) is 24.8 Å². The van der Waals surface area contributed by atoms with Crippen molar-refractivity contribution in [2.75, 3.05) is 0 Å². The van der Waals surface area contributed by atoms with E-state index in [1.807, 2.05) is 0 Å². The Labute approximate surface area is 94.8 Å². The maximum absolute atomic E-state index is 2.43. The molecule has 84 valence electrons. The van der Waals surface area contributed by atoms with Crippen LogP contribution in [0.3, 0.4) is 0 Å². The summed E-state index contributed by atoms with van der Waals surface area (Å²) in [7, 11) is 0. The molecule has 0 heterocycles. The SMILES string of the molecule is C/C=C/C(=C\C(=C(\C)CC)C1CC1)CC. The fraction of sp³-hybridized carbons (Fsp3) is 0.600. The Hall–Kier alpha value is -0.780. The minimum absolute atomic E-state index is 0.872. The van der Waals surface area contributed by atoms with Crippen LogP contribution in [0.25, 0.3) is 0 Å². The van der Waals surface area contributed by atoms with E-state index in [0.29, 0.717) is 0 Å². The van der Waals surface area contributed by atoms with Crippen molar-refractivity contribution in [2.24, 2.45) is 5.92 Å². The predicted octanol–water partition coefficient (Wildman–Crippen LogP) is 5.04. The average Bonchev–Trinajstić information content (AvgIpc) is 3.07. The van der Waals surface area contributed by atoms with Crippen LogP contribution in [-0.2, 0) is 0 Å². The van der Waals surface area contributed by atoms with Gasteiger partial charge in [0.25, 0.3) is 0 Å². The lowest BCUT2D eigenvalue weighted by Crippen LogP contribution is -1.89. The Morgan fingerprint density at radius 3 is 2.27 bits per heavy atom. The third-order valence-electron chi connectivity index (χ3n) is 3.17. The van der Waals surface area contributed by atoms with Crippen molar-refractivity contribution in [3.05, 3.63) is 34.9 Å². The van der Waals surface area contributed by atoms with E-state index in [-0.39, 0.29) is 0 Å². The summed E-state index contributed by atoms with van der Waals surface area (Å²) in [6.07, 6.45) is 11.9. The van der Waals surface area contributed by atoms with Gasteiger partial charge in [-0.3, -0.25) is 0 Å². The van der Waals surface area contributed by atoms with Gasteiger partial charge in [0.1, 0.15) is 0 Å². The second kappa shape index (κ2) is 5.95. The third kappa shape index (κ3) is 3.70. The molecule has 1 saturated carbocycles. The van der Waals surface area contributed by atoms with E-state index in [4.69, 9.17) is 0 Å². The van der Waals surface area contributed by atoms with Gasteiger partial charge in [-0.2, -0.15) is 0 Å². The van der Waals surface area contributed by atoms with Crippen molar-refractivity contribution in [1.29, 1.82) is 0 Å². The first-order valence-electron chi connectivity index (χ1n) is 6.25. The fourth-order valence-electron chi connectivity index (χ4n) is 1.87. The fourth-order valence-corrected chi connectivity index (χ4v) is 1.87. The molecular formula is C15H24. The molecule has 1 aliphatic rings. The molecule has 0 aromatic rings. The van der Waals surface area contributed by atoms with Crippen LogP contribution >= 0.6 is 0 Å². The van der Waals surface area contributed by atoms with Gasteiger partial charge in [-0.1, -0.05) is 37.6 Å². The summed E-state index contributed by atoms with van der Waals surface area (Å²) in [5.41, 5.74) is 4.66. The van der Waals surface area contributed by atoms with Crippen molar-refractivity contribution in [3.63, 3.8) is 0 Å². The van der Waals surface area contributed by atoms with Crippen molar-refractivity contribution in [1.82, 2.24) is 0 Å². The molecule has 0 nitrogen and oxygen atoms in total. The summed E-state index contributed by atoms with van der Waals surface area (Å²) >= 11 is 0. The summed E-state index contributed by atoms with van der Waals surface area (Å²) in [6, 6.07) is 0. The summed E-state index contributed by atoms with van der Waals surface area (Å²) in [5, 5.41) is 0. The molecule has 0 atom stereocenters. The first-order chi connectivity index (χ1) is 7.22. The monoisotopic (exact) mass is 204 g/mol. The molecule has 0 bridgehead atoms. The molecule has 0 amide bonds. The topological polar surface area (TPSA) is 0 Å². The van der Waals surface area contributed by atoms with Gasteiger partial charge in [-0.05, 0) is 56.6 Å². The molecule has 0 aromatic carbocycles. The van der Waals surface area contributed by atoms with E-state index >= 15 is 0 Å². The van der Waals surface area contributed by atoms with E-state index in [9.17, 15) is 0 Å². The Kier molecular flexibility index (Phi) is 4.87. The highest BCUT2D eigenvalue weighted by atomic mass is 14.3. The summed E-state index contributed by atoms with van der Waals surface area (Å²) in [5.74, 6) is 0.872. The molecule has 0 aliphatic heterocycles. The second-order valence-electron chi connectivity index (χ2n) is 4.44. The first kappa shape index (κ1) is 12.3. The van der Waals surface area contributed by atoms with Crippen molar-refractivity contribution in [2.45, 2.75) is 53.4 Å². The summed E-state index contributed by atoms with van der Waals surface area (Å²) < 4.78 is 0. The quantitative estimate of drug-likeness (QED) is 0.551. The zero-order valence-corrected chi connectivity index (χ0v) is 10.6. The van der Waals surface area contributed by atoms with Gasteiger partial charge < -0.3 is 0 Å². The summed E-state index contributed by atoms with van der Waals surface area (Å²) in [4.78, 5) is 0. The zero-order valence-electron chi connectivity index (χ0n) is 10.6. The van der Waals surface area contributed by atoms with Gasteiger partial charge in [0.2, 0.25) is 0 Å². The lowest BCUT2D eigenvalue weighted by molar-refractivity contribution is 0.957. The number of rotatable bonds is 5. The van der Waals surface area contributed by atoms with Gasteiger partial charge >= 0.3 is 0 Å². The van der Waals surface area contributed by atoms with Crippen molar-refractivity contribution in [3.8, 4) is 0 Å². The first-order valence-corrected chi connectivity index (χ1v) is 6.25. The van der Waals surface area contributed by atoms with Gasteiger partial charge in [0.15, 0.2) is 0 Å². The lowest BCUT2D eigenvalue weighted by Gasteiger charge is -2.07. The largest absolute Gasteiger partial charge is 0.0874 e. The minimum atomic E-state index is 0.872. The molecule has 0 aromatic heterocycles.